The van der Waals surface area contributed by atoms with E-state index in [4.69, 9.17) is 5.11 Å². The maximum atomic E-state index is 12.0. The predicted molar refractivity (Wildman–Crippen MR) is 56.5 cm³/mol. The van der Waals surface area contributed by atoms with Gasteiger partial charge in [-0.05, 0) is 19.3 Å². The van der Waals surface area contributed by atoms with Crippen molar-refractivity contribution in [2.24, 2.45) is 5.41 Å². The van der Waals surface area contributed by atoms with Gasteiger partial charge in [-0.3, -0.25) is 9.59 Å². The molecular formula is C11H19NO3. The molecule has 0 aromatic carbocycles. The first-order valence-corrected chi connectivity index (χ1v) is 5.51. The number of rotatable bonds is 5. The van der Waals surface area contributed by atoms with Gasteiger partial charge in [0.1, 0.15) is 6.54 Å². The summed E-state index contributed by atoms with van der Waals surface area (Å²) in [7, 11) is 0. The van der Waals surface area contributed by atoms with Crippen LogP contribution in [-0.2, 0) is 9.59 Å². The zero-order chi connectivity index (χ0) is 11.5. The van der Waals surface area contributed by atoms with E-state index in [0.717, 1.165) is 25.7 Å². The average Bonchev–Trinajstić information content (AvgIpc) is 2.11. The summed E-state index contributed by atoms with van der Waals surface area (Å²) in [5, 5.41) is 8.72. The molecule has 1 aliphatic carbocycles. The average molecular weight is 213 g/mol. The SMILES string of the molecule is CCCN(CC(=O)O)C(=O)C1(C)CCC1. The molecule has 0 radical (unpaired) electrons. The Balaban J connectivity index is 2.61. The van der Waals surface area contributed by atoms with Crippen LogP contribution in [0.2, 0.25) is 0 Å². The second-order valence-electron chi connectivity index (χ2n) is 4.53. The first-order chi connectivity index (χ1) is 6.99. The number of amides is 1. The molecule has 0 aliphatic heterocycles. The van der Waals surface area contributed by atoms with Crippen LogP contribution in [0.4, 0.5) is 0 Å². The Morgan fingerprint density at radius 1 is 1.40 bits per heavy atom. The number of carboxylic acids is 1. The van der Waals surface area contributed by atoms with E-state index in [-0.39, 0.29) is 17.9 Å². The summed E-state index contributed by atoms with van der Waals surface area (Å²) in [6, 6.07) is 0. The quantitative estimate of drug-likeness (QED) is 0.753. The van der Waals surface area contributed by atoms with Gasteiger partial charge in [0.25, 0.3) is 0 Å². The zero-order valence-corrected chi connectivity index (χ0v) is 9.45. The molecule has 4 heteroatoms. The third kappa shape index (κ3) is 2.70. The minimum atomic E-state index is -0.931. The van der Waals surface area contributed by atoms with Crippen molar-refractivity contribution in [2.45, 2.75) is 39.5 Å². The van der Waals surface area contributed by atoms with Crippen molar-refractivity contribution in [3.63, 3.8) is 0 Å². The second-order valence-corrected chi connectivity index (χ2v) is 4.53. The van der Waals surface area contributed by atoms with Crippen LogP contribution in [-0.4, -0.2) is 35.0 Å². The van der Waals surface area contributed by atoms with Crippen molar-refractivity contribution in [3.8, 4) is 0 Å². The Morgan fingerprint density at radius 3 is 2.33 bits per heavy atom. The lowest BCUT2D eigenvalue weighted by molar-refractivity contribution is -0.152. The largest absolute Gasteiger partial charge is 0.480 e. The molecule has 4 nitrogen and oxygen atoms in total. The fraction of sp³-hybridized carbons (Fsp3) is 0.818. The molecule has 1 fully saturated rings. The minimum Gasteiger partial charge on any atom is -0.480 e. The van der Waals surface area contributed by atoms with E-state index in [9.17, 15) is 9.59 Å². The molecule has 0 heterocycles. The van der Waals surface area contributed by atoms with Gasteiger partial charge in [-0.2, -0.15) is 0 Å². The van der Waals surface area contributed by atoms with Crippen molar-refractivity contribution in [1.29, 1.82) is 0 Å². The monoisotopic (exact) mass is 213 g/mol. The Kier molecular flexibility index (Phi) is 3.72. The van der Waals surface area contributed by atoms with Crippen LogP contribution in [0.25, 0.3) is 0 Å². The highest BCUT2D eigenvalue weighted by Crippen LogP contribution is 2.41. The van der Waals surface area contributed by atoms with Crippen LogP contribution in [0.15, 0.2) is 0 Å². The van der Waals surface area contributed by atoms with Gasteiger partial charge in [-0.25, -0.2) is 0 Å². The van der Waals surface area contributed by atoms with E-state index < -0.39 is 5.97 Å². The molecular weight excluding hydrogens is 194 g/mol. The first-order valence-electron chi connectivity index (χ1n) is 5.51. The van der Waals surface area contributed by atoms with Crippen LogP contribution in [0, 0.1) is 5.41 Å². The van der Waals surface area contributed by atoms with E-state index >= 15 is 0 Å². The molecule has 0 unspecified atom stereocenters. The minimum absolute atomic E-state index is 0.0120. The van der Waals surface area contributed by atoms with Crippen molar-refractivity contribution in [1.82, 2.24) is 4.90 Å². The highest BCUT2D eigenvalue weighted by atomic mass is 16.4. The zero-order valence-electron chi connectivity index (χ0n) is 9.45. The Hall–Kier alpha value is -1.06. The Bertz CT molecular complexity index is 259. The maximum Gasteiger partial charge on any atom is 0.323 e. The summed E-state index contributed by atoms with van der Waals surface area (Å²) < 4.78 is 0. The van der Waals surface area contributed by atoms with Crippen LogP contribution in [0.5, 0.6) is 0 Å². The molecule has 1 N–H and O–H groups in total. The number of carboxylic acid groups (broad SMARTS) is 1. The van der Waals surface area contributed by atoms with Crippen molar-refractivity contribution in [2.75, 3.05) is 13.1 Å². The lowest BCUT2D eigenvalue weighted by Gasteiger charge is -2.40. The molecule has 0 bridgehead atoms. The molecule has 1 aliphatic rings. The standard InChI is InChI=1S/C11H19NO3/c1-3-7-12(8-9(13)14)10(15)11(2)5-4-6-11/h3-8H2,1-2H3,(H,13,14). The number of hydrogen-bond acceptors (Lipinski definition) is 2. The summed E-state index contributed by atoms with van der Waals surface area (Å²) in [5.74, 6) is -0.919. The molecule has 0 atom stereocenters. The molecule has 15 heavy (non-hydrogen) atoms. The van der Waals surface area contributed by atoms with Crippen LogP contribution >= 0.6 is 0 Å². The summed E-state index contributed by atoms with van der Waals surface area (Å²) in [6.07, 6.45) is 3.67. The van der Waals surface area contributed by atoms with Gasteiger partial charge >= 0.3 is 5.97 Å². The Labute approximate surface area is 90.3 Å². The van der Waals surface area contributed by atoms with Crippen LogP contribution in [0.3, 0.4) is 0 Å². The molecule has 0 saturated heterocycles. The van der Waals surface area contributed by atoms with E-state index in [0.29, 0.717) is 6.54 Å². The van der Waals surface area contributed by atoms with E-state index in [1.165, 1.54) is 4.90 Å². The molecule has 86 valence electrons. The summed E-state index contributed by atoms with van der Waals surface area (Å²) in [5.41, 5.74) is -0.287. The van der Waals surface area contributed by atoms with Crippen LogP contribution < -0.4 is 0 Å². The highest BCUT2D eigenvalue weighted by molar-refractivity contribution is 5.86. The lowest BCUT2D eigenvalue weighted by Crippen LogP contribution is -2.48. The Morgan fingerprint density at radius 2 is 2.00 bits per heavy atom. The summed E-state index contributed by atoms with van der Waals surface area (Å²) >= 11 is 0. The van der Waals surface area contributed by atoms with Gasteiger partial charge in [-0.15, -0.1) is 0 Å². The molecule has 1 amide bonds. The summed E-state index contributed by atoms with van der Waals surface area (Å²) in [4.78, 5) is 24.1. The molecule has 1 rings (SSSR count). The third-order valence-electron chi connectivity index (χ3n) is 3.08. The molecule has 0 aromatic heterocycles. The van der Waals surface area contributed by atoms with E-state index in [2.05, 4.69) is 0 Å². The topological polar surface area (TPSA) is 57.6 Å². The van der Waals surface area contributed by atoms with Gasteiger partial charge in [0.2, 0.25) is 5.91 Å². The molecule has 1 saturated carbocycles. The third-order valence-corrected chi connectivity index (χ3v) is 3.08. The van der Waals surface area contributed by atoms with Gasteiger partial charge in [-0.1, -0.05) is 20.3 Å². The number of hydrogen-bond donors (Lipinski definition) is 1. The normalized spacial score (nSPS) is 18.0. The smallest absolute Gasteiger partial charge is 0.323 e. The van der Waals surface area contributed by atoms with E-state index in [1.807, 2.05) is 13.8 Å². The van der Waals surface area contributed by atoms with Crippen molar-refractivity contribution < 1.29 is 14.7 Å². The van der Waals surface area contributed by atoms with Crippen LogP contribution in [0.1, 0.15) is 39.5 Å². The lowest BCUT2D eigenvalue weighted by atomic mass is 9.69. The first kappa shape index (κ1) is 12.0. The number of carbonyl (C=O) groups is 2. The van der Waals surface area contributed by atoms with Gasteiger partial charge in [0.15, 0.2) is 0 Å². The van der Waals surface area contributed by atoms with Gasteiger partial charge < -0.3 is 10.0 Å². The van der Waals surface area contributed by atoms with Gasteiger partial charge in [0, 0.05) is 12.0 Å². The number of carbonyl (C=O) groups excluding carboxylic acids is 1. The predicted octanol–water partition coefficient (Wildman–Crippen LogP) is 1.50. The fourth-order valence-electron chi connectivity index (χ4n) is 1.99. The number of nitrogens with zero attached hydrogens (tertiary/aromatic N) is 1. The summed E-state index contributed by atoms with van der Waals surface area (Å²) in [6.45, 7) is 4.26. The van der Waals surface area contributed by atoms with Gasteiger partial charge in [0.05, 0.1) is 0 Å². The highest BCUT2D eigenvalue weighted by Gasteiger charge is 2.41. The molecule has 0 aromatic rings. The molecule has 0 spiro atoms. The van der Waals surface area contributed by atoms with E-state index in [1.54, 1.807) is 0 Å². The number of aliphatic carboxylic acids is 1. The van der Waals surface area contributed by atoms with Crippen molar-refractivity contribution in [3.05, 3.63) is 0 Å². The fourth-order valence-corrected chi connectivity index (χ4v) is 1.99. The second kappa shape index (κ2) is 4.64. The maximum absolute atomic E-state index is 12.0. The van der Waals surface area contributed by atoms with Crippen molar-refractivity contribution >= 4 is 11.9 Å².